The lowest BCUT2D eigenvalue weighted by Gasteiger charge is -2.04. The first-order chi connectivity index (χ1) is 8.15. The zero-order valence-corrected chi connectivity index (χ0v) is 10.8. The number of rotatable bonds is 2. The van der Waals surface area contributed by atoms with Crippen LogP contribution in [-0.2, 0) is 21.8 Å². The summed E-state index contributed by atoms with van der Waals surface area (Å²) in [6.07, 6.45) is -3.37. The van der Waals surface area contributed by atoms with E-state index in [2.05, 4.69) is 4.98 Å². The molecule has 0 saturated heterocycles. The maximum absolute atomic E-state index is 12.5. The normalized spacial score (nSPS) is 13.1. The van der Waals surface area contributed by atoms with Crippen molar-refractivity contribution >= 4 is 31.4 Å². The molecule has 8 heteroatoms. The van der Waals surface area contributed by atoms with E-state index >= 15 is 0 Å². The van der Waals surface area contributed by atoms with Gasteiger partial charge in [0.2, 0.25) is 0 Å². The van der Waals surface area contributed by atoms with Crippen LogP contribution >= 0.6 is 11.3 Å². The van der Waals surface area contributed by atoms with Gasteiger partial charge in [0, 0.05) is 6.26 Å². The highest BCUT2D eigenvalue weighted by Crippen LogP contribution is 2.33. The molecule has 0 unspecified atom stereocenters. The van der Waals surface area contributed by atoms with E-state index in [0.717, 1.165) is 29.7 Å². The number of aromatic nitrogens is 1. The number of hydrogen-bond acceptors (Lipinski definition) is 4. The standard InChI is InChI=1S/C10H8F3NO2S2/c1-18(15,16)5-9-14-7-4-6(10(11,12)13)2-3-8(7)17-9/h2-4H,5H2,1H3. The van der Waals surface area contributed by atoms with Gasteiger partial charge in [-0.05, 0) is 18.2 Å². The van der Waals surface area contributed by atoms with Gasteiger partial charge in [0.15, 0.2) is 9.84 Å². The summed E-state index contributed by atoms with van der Waals surface area (Å²) in [5, 5.41) is 0.298. The van der Waals surface area contributed by atoms with Crippen LogP contribution in [0.1, 0.15) is 10.6 Å². The fourth-order valence-corrected chi connectivity index (χ4v) is 3.57. The monoisotopic (exact) mass is 295 g/mol. The predicted molar refractivity (Wildman–Crippen MR) is 63.2 cm³/mol. The average Bonchev–Trinajstić information content (AvgIpc) is 2.53. The number of fused-ring (bicyclic) bond motifs is 1. The first-order valence-electron chi connectivity index (χ1n) is 4.79. The van der Waals surface area contributed by atoms with E-state index < -0.39 is 21.6 Å². The van der Waals surface area contributed by atoms with Crippen LogP contribution in [0, 0.1) is 0 Å². The molecule has 0 fully saturated rings. The van der Waals surface area contributed by atoms with Crippen LogP contribution in [0.15, 0.2) is 18.2 Å². The molecule has 2 rings (SSSR count). The molecule has 1 aromatic carbocycles. The van der Waals surface area contributed by atoms with Crippen molar-refractivity contribution in [1.82, 2.24) is 4.98 Å². The Hall–Kier alpha value is -1.15. The van der Waals surface area contributed by atoms with Crippen molar-refractivity contribution in [2.45, 2.75) is 11.9 Å². The molecule has 3 nitrogen and oxygen atoms in total. The third-order valence-corrected chi connectivity index (χ3v) is 4.16. The Morgan fingerprint density at radius 2 is 2.00 bits per heavy atom. The van der Waals surface area contributed by atoms with Gasteiger partial charge in [-0.2, -0.15) is 13.2 Å². The molecule has 1 heterocycles. The summed E-state index contributed by atoms with van der Waals surface area (Å²) in [6.45, 7) is 0. The molecule has 18 heavy (non-hydrogen) atoms. The zero-order valence-electron chi connectivity index (χ0n) is 9.15. The number of alkyl halides is 3. The van der Waals surface area contributed by atoms with Crippen LogP contribution in [0.5, 0.6) is 0 Å². The van der Waals surface area contributed by atoms with E-state index in [1.54, 1.807) is 0 Å². The van der Waals surface area contributed by atoms with E-state index in [1.807, 2.05) is 0 Å². The van der Waals surface area contributed by atoms with Crippen LogP contribution in [0.25, 0.3) is 10.2 Å². The molecule has 1 aromatic heterocycles. The van der Waals surface area contributed by atoms with E-state index in [0.29, 0.717) is 9.71 Å². The van der Waals surface area contributed by atoms with Gasteiger partial charge >= 0.3 is 6.18 Å². The van der Waals surface area contributed by atoms with Crippen LogP contribution in [-0.4, -0.2) is 19.7 Å². The Bertz CT molecular complexity index is 689. The van der Waals surface area contributed by atoms with Crippen molar-refractivity contribution in [2.24, 2.45) is 0 Å². The lowest BCUT2D eigenvalue weighted by atomic mass is 10.2. The summed E-state index contributed by atoms with van der Waals surface area (Å²) in [5.41, 5.74) is -0.611. The molecule has 0 aliphatic carbocycles. The van der Waals surface area contributed by atoms with E-state index in [1.165, 1.54) is 6.07 Å². The van der Waals surface area contributed by atoms with Crippen molar-refractivity contribution < 1.29 is 21.6 Å². The Morgan fingerprint density at radius 3 is 2.56 bits per heavy atom. The second-order valence-corrected chi connectivity index (χ2v) is 7.11. The summed E-state index contributed by atoms with van der Waals surface area (Å²) >= 11 is 1.09. The molecule has 0 N–H and O–H groups in total. The number of hydrogen-bond donors (Lipinski definition) is 0. The fraction of sp³-hybridized carbons (Fsp3) is 0.300. The number of nitrogens with zero attached hydrogens (tertiary/aromatic N) is 1. The van der Waals surface area contributed by atoms with E-state index in [9.17, 15) is 21.6 Å². The quantitative estimate of drug-likeness (QED) is 0.856. The van der Waals surface area contributed by atoms with Gasteiger partial charge in [-0.3, -0.25) is 0 Å². The number of halogens is 3. The highest BCUT2D eigenvalue weighted by Gasteiger charge is 2.30. The fourth-order valence-electron chi connectivity index (χ4n) is 1.44. The SMILES string of the molecule is CS(=O)(=O)Cc1nc2cc(C(F)(F)F)ccc2s1. The average molecular weight is 295 g/mol. The Labute approximate surface area is 105 Å². The molecule has 0 bridgehead atoms. The van der Waals surface area contributed by atoms with Gasteiger partial charge in [0.25, 0.3) is 0 Å². The lowest BCUT2D eigenvalue weighted by Crippen LogP contribution is -2.04. The molecule has 2 aromatic rings. The van der Waals surface area contributed by atoms with E-state index in [4.69, 9.17) is 0 Å². The van der Waals surface area contributed by atoms with Gasteiger partial charge < -0.3 is 0 Å². The van der Waals surface area contributed by atoms with Crippen LogP contribution in [0.4, 0.5) is 13.2 Å². The largest absolute Gasteiger partial charge is 0.416 e. The summed E-state index contributed by atoms with van der Waals surface area (Å²) in [6, 6.07) is 3.20. The van der Waals surface area contributed by atoms with Crippen molar-refractivity contribution in [3.8, 4) is 0 Å². The topological polar surface area (TPSA) is 47.0 Å². The molecule has 0 aliphatic rings. The maximum atomic E-state index is 12.5. The van der Waals surface area contributed by atoms with E-state index in [-0.39, 0.29) is 11.3 Å². The Balaban J connectivity index is 2.46. The van der Waals surface area contributed by atoms with Crippen molar-refractivity contribution in [3.05, 3.63) is 28.8 Å². The van der Waals surface area contributed by atoms with Crippen LogP contribution < -0.4 is 0 Å². The third-order valence-electron chi connectivity index (χ3n) is 2.14. The molecule has 0 radical (unpaired) electrons. The minimum Gasteiger partial charge on any atom is -0.240 e. The Kier molecular flexibility index (Phi) is 3.10. The van der Waals surface area contributed by atoms with Crippen molar-refractivity contribution in [3.63, 3.8) is 0 Å². The Morgan fingerprint density at radius 1 is 1.33 bits per heavy atom. The zero-order chi connectivity index (χ0) is 13.6. The first-order valence-corrected chi connectivity index (χ1v) is 7.67. The number of sulfone groups is 1. The minimum absolute atomic E-state index is 0.175. The second-order valence-electron chi connectivity index (χ2n) is 3.86. The molecule has 0 aliphatic heterocycles. The predicted octanol–water partition coefficient (Wildman–Crippen LogP) is 2.86. The van der Waals surface area contributed by atoms with Crippen LogP contribution in [0.2, 0.25) is 0 Å². The minimum atomic E-state index is -4.42. The van der Waals surface area contributed by atoms with Crippen LogP contribution in [0.3, 0.4) is 0 Å². The highest BCUT2D eigenvalue weighted by atomic mass is 32.2. The first kappa shape index (κ1) is 13.3. The van der Waals surface area contributed by atoms with Gasteiger partial charge in [0.1, 0.15) is 10.8 Å². The van der Waals surface area contributed by atoms with Crippen molar-refractivity contribution in [2.75, 3.05) is 6.26 Å². The lowest BCUT2D eigenvalue weighted by molar-refractivity contribution is -0.137. The van der Waals surface area contributed by atoms with Gasteiger partial charge in [0.05, 0.1) is 15.8 Å². The summed E-state index contributed by atoms with van der Waals surface area (Å²) in [5.74, 6) is -0.256. The smallest absolute Gasteiger partial charge is 0.240 e. The second kappa shape index (κ2) is 4.20. The number of benzene rings is 1. The number of thiazole rings is 1. The molecule has 98 valence electrons. The van der Waals surface area contributed by atoms with Gasteiger partial charge in [-0.15, -0.1) is 11.3 Å². The molecule has 0 spiro atoms. The van der Waals surface area contributed by atoms with Crippen molar-refractivity contribution in [1.29, 1.82) is 0 Å². The third kappa shape index (κ3) is 2.99. The molecule has 0 saturated carbocycles. The van der Waals surface area contributed by atoms with Gasteiger partial charge in [-0.1, -0.05) is 0 Å². The summed E-state index contributed by atoms with van der Waals surface area (Å²) in [7, 11) is -3.24. The molecular formula is C10H8F3NO2S2. The summed E-state index contributed by atoms with van der Waals surface area (Å²) in [4.78, 5) is 3.91. The molecular weight excluding hydrogens is 287 g/mol. The maximum Gasteiger partial charge on any atom is 0.416 e. The van der Waals surface area contributed by atoms with Gasteiger partial charge in [-0.25, -0.2) is 13.4 Å². The summed E-state index contributed by atoms with van der Waals surface area (Å²) < 4.78 is 60.1. The molecule has 0 amide bonds. The highest BCUT2D eigenvalue weighted by molar-refractivity contribution is 7.90. The molecule has 0 atom stereocenters.